The second-order valence-electron chi connectivity index (χ2n) is 5.96. The summed E-state index contributed by atoms with van der Waals surface area (Å²) in [5.41, 5.74) is 3.18. The summed E-state index contributed by atoms with van der Waals surface area (Å²) in [6.07, 6.45) is 2.95. The van der Waals surface area contributed by atoms with Crippen molar-refractivity contribution < 1.29 is 4.39 Å². The quantitative estimate of drug-likeness (QED) is 0.524. The van der Waals surface area contributed by atoms with Gasteiger partial charge in [-0.2, -0.15) is 11.8 Å². The fourth-order valence-corrected chi connectivity index (χ4v) is 4.16. The lowest BCUT2D eigenvalue weighted by Crippen LogP contribution is -2.38. The molecular formula is C19H27FN4S2. The molecule has 0 radical (unpaired) electrons. The molecule has 26 heavy (non-hydrogen) atoms. The molecule has 7 heteroatoms. The Kier molecular flexibility index (Phi) is 8.38. The van der Waals surface area contributed by atoms with Crippen LogP contribution in [0.25, 0.3) is 0 Å². The number of guanidine groups is 1. The Balaban J connectivity index is 1.99. The van der Waals surface area contributed by atoms with Crippen LogP contribution >= 0.6 is 23.1 Å². The minimum Gasteiger partial charge on any atom is -0.357 e. The Morgan fingerprint density at radius 3 is 2.73 bits per heavy atom. The van der Waals surface area contributed by atoms with E-state index in [1.807, 2.05) is 26.2 Å². The van der Waals surface area contributed by atoms with E-state index in [4.69, 9.17) is 0 Å². The Morgan fingerprint density at radius 1 is 1.27 bits per heavy atom. The Morgan fingerprint density at radius 2 is 2.08 bits per heavy atom. The number of hydrogen-bond acceptors (Lipinski definition) is 4. The number of aliphatic imine (C=N–C) groups is 1. The highest BCUT2D eigenvalue weighted by atomic mass is 32.2. The molecule has 142 valence electrons. The van der Waals surface area contributed by atoms with Gasteiger partial charge in [0.05, 0.1) is 17.2 Å². The first-order valence-electron chi connectivity index (χ1n) is 8.74. The molecule has 0 saturated carbocycles. The maximum Gasteiger partial charge on any atom is 0.191 e. The van der Waals surface area contributed by atoms with Crippen molar-refractivity contribution in [2.45, 2.75) is 39.5 Å². The summed E-state index contributed by atoms with van der Waals surface area (Å²) in [7, 11) is 0. The number of rotatable bonds is 8. The molecule has 2 N–H and O–H groups in total. The van der Waals surface area contributed by atoms with Crippen molar-refractivity contribution in [3.05, 3.63) is 50.7 Å². The monoisotopic (exact) mass is 394 g/mol. The molecule has 0 aliphatic rings. The number of aryl methyl sites for hydroxylation is 2. The molecule has 0 fully saturated rings. The Hall–Kier alpha value is -1.60. The van der Waals surface area contributed by atoms with Crippen molar-refractivity contribution >= 4 is 29.1 Å². The molecule has 0 unspecified atom stereocenters. The molecular weight excluding hydrogens is 367 g/mol. The van der Waals surface area contributed by atoms with Gasteiger partial charge in [0.25, 0.3) is 0 Å². The van der Waals surface area contributed by atoms with Crippen LogP contribution in [0, 0.1) is 19.7 Å². The molecule has 0 bridgehead atoms. The first kappa shape index (κ1) is 20.7. The number of nitrogens with zero attached hydrogens (tertiary/aromatic N) is 2. The zero-order valence-corrected chi connectivity index (χ0v) is 17.5. The number of nitrogens with one attached hydrogen (secondary N) is 2. The van der Waals surface area contributed by atoms with Gasteiger partial charge in [-0.05, 0) is 50.3 Å². The SMILES string of the molecule is CCNC(=NCc1ccc(F)cc1CSC)NCCc1sc(C)nc1C. The van der Waals surface area contributed by atoms with Gasteiger partial charge in [0, 0.05) is 30.1 Å². The summed E-state index contributed by atoms with van der Waals surface area (Å²) >= 11 is 3.43. The number of aromatic nitrogens is 1. The highest BCUT2D eigenvalue weighted by Gasteiger charge is 2.07. The van der Waals surface area contributed by atoms with Crippen molar-refractivity contribution in [1.82, 2.24) is 15.6 Å². The van der Waals surface area contributed by atoms with Crippen molar-refractivity contribution in [2.24, 2.45) is 4.99 Å². The first-order valence-corrected chi connectivity index (χ1v) is 11.0. The molecule has 1 aromatic heterocycles. The lowest BCUT2D eigenvalue weighted by molar-refractivity contribution is 0.625. The van der Waals surface area contributed by atoms with Gasteiger partial charge in [-0.1, -0.05) is 6.07 Å². The highest BCUT2D eigenvalue weighted by molar-refractivity contribution is 7.97. The highest BCUT2D eigenvalue weighted by Crippen LogP contribution is 2.18. The zero-order valence-electron chi connectivity index (χ0n) is 15.9. The second kappa shape index (κ2) is 10.5. The van der Waals surface area contributed by atoms with Crippen LogP contribution in [0.1, 0.15) is 33.6 Å². The second-order valence-corrected chi connectivity index (χ2v) is 8.11. The van der Waals surface area contributed by atoms with Gasteiger partial charge >= 0.3 is 0 Å². The average molecular weight is 395 g/mol. The number of benzene rings is 1. The van der Waals surface area contributed by atoms with E-state index in [0.29, 0.717) is 6.54 Å². The van der Waals surface area contributed by atoms with E-state index in [-0.39, 0.29) is 5.82 Å². The van der Waals surface area contributed by atoms with Crippen LogP contribution in [0.5, 0.6) is 0 Å². The van der Waals surface area contributed by atoms with Crippen LogP contribution in [-0.4, -0.2) is 30.3 Å². The molecule has 0 aliphatic heterocycles. The van der Waals surface area contributed by atoms with E-state index in [1.165, 1.54) is 10.9 Å². The first-order chi connectivity index (χ1) is 12.5. The number of hydrogen-bond donors (Lipinski definition) is 2. The van der Waals surface area contributed by atoms with E-state index in [1.54, 1.807) is 29.2 Å². The summed E-state index contributed by atoms with van der Waals surface area (Å²) in [5, 5.41) is 7.75. The van der Waals surface area contributed by atoms with Crippen LogP contribution in [0.4, 0.5) is 4.39 Å². The molecule has 0 spiro atoms. The van der Waals surface area contributed by atoms with E-state index in [9.17, 15) is 4.39 Å². The molecule has 1 heterocycles. The van der Waals surface area contributed by atoms with Crippen molar-refractivity contribution in [2.75, 3.05) is 19.3 Å². The fraction of sp³-hybridized carbons (Fsp3) is 0.474. The summed E-state index contributed by atoms with van der Waals surface area (Å²) in [4.78, 5) is 10.4. The van der Waals surface area contributed by atoms with Gasteiger partial charge in [0.15, 0.2) is 5.96 Å². The Bertz CT molecular complexity index is 743. The van der Waals surface area contributed by atoms with Gasteiger partial charge in [-0.15, -0.1) is 11.3 Å². The van der Waals surface area contributed by atoms with E-state index in [0.717, 1.165) is 53.1 Å². The van der Waals surface area contributed by atoms with Crippen molar-refractivity contribution in [3.8, 4) is 0 Å². The summed E-state index contributed by atoms with van der Waals surface area (Å²) in [6.45, 7) is 8.27. The molecule has 0 amide bonds. The summed E-state index contributed by atoms with van der Waals surface area (Å²) in [6, 6.07) is 4.94. The lowest BCUT2D eigenvalue weighted by atomic mass is 10.1. The average Bonchev–Trinajstić information content (AvgIpc) is 2.92. The standard InChI is InChI=1S/C19H27FN4S2/c1-5-21-19(22-9-8-18-13(2)24-14(3)26-18)23-11-15-6-7-17(20)10-16(15)12-25-4/h6-7,10H,5,8-9,11-12H2,1-4H3,(H2,21,22,23). The third-order valence-electron chi connectivity index (χ3n) is 3.86. The van der Waals surface area contributed by atoms with Crippen molar-refractivity contribution in [3.63, 3.8) is 0 Å². The molecule has 2 aromatic rings. The van der Waals surface area contributed by atoms with Crippen LogP contribution in [0.15, 0.2) is 23.2 Å². The van der Waals surface area contributed by atoms with E-state index in [2.05, 4.69) is 27.5 Å². The Labute approximate surface area is 163 Å². The van der Waals surface area contributed by atoms with Gasteiger partial charge in [0.1, 0.15) is 5.82 Å². The van der Waals surface area contributed by atoms with E-state index < -0.39 is 0 Å². The predicted molar refractivity (Wildman–Crippen MR) is 112 cm³/mol. The van der Waals surface area contributed by atoms with Gasteiger partial charge in [-0.3, -0.25) is 0 Å². The molecule has 0 saturated heterocycles. The van der Waals surface area contributed by atoms with Gasteiger partial charge < -0.3 is 10.6 Å². The summed E-state index contributed by atoms with van der Waals surface area (Å²) in [5.74, 6) is 1.38. The van der Waals surface area contributed by atoms with Gasteiger partial charge in [0.2, 0.25) is 0 Å². The largest absolute Gasteiger partial charge is 0.357 e. The maximum atomic E-state index is 13.5. The minimum atomic E-state index is -0.193. The molecule has 2 rings (SSSR count). The van der Waals surface area contributed by atoms with Crippen LogP contribution in [0.2, 0.25) is 0 Å². The topological polar surface area (TPSA) is 49.3 Å². The molecule has 0 aliphatic carbocycles. The normalized spacial score (nSPS) is 11.7. The third-order valence-corrected chi connectivity index (χ3v) is 5.60. The lowest BCUT2D eigenvalue weighted by Gasteiger charge is -2.12. The predicted octanol–water partition coefficient (Wildman–Crippen LogP) is 4.06. The van der Waals surface area contributed by atoms with E-state index >= 15 is 0 Å². The molecule has 4 nitrogen and oxygen atoms in total. The van der Waals surface area contributed by atoms with Crippen LogP contribution in [-0.2, 0) is 18.7 Å². The molecule has 1 aromatic carbocycles. The molecule has 0 atom stereocenters. The van der Waals surface area contributed by atoms with Crippen LogP contribution in [0.3, 0.4) is 0 Å². The fourth-order valence-electron chi connectivity index (χ4n) is 2.64. The number of thiazole rings is 1. The number of thioether (sulfide) groups is 1. The third kappa shape index (κ3) is 6.29. The number of halogens is 1. The minimum absolute atomic E-state index is 0.193. The maximum absolute atomic E-state index is 13.5. The van der Waals surface area contributed by atoms with Crippen molar-refractivity contribution in [1.29, 1.82) is 0 Å². The van der Waals surface area contributed by atoms with Gasteiger partial charge in [-0.25, -0.2) is 14.4 Å². The zero-order chi connectivity index (χ0) is 18.9. The van der Waals surface area contributed by atoms with Crippen LogP contribution < -0.4 is 10.6 Å². The smallest absolute Gasteiger partial charge is 0.191 e. The summed E-state index contributed by atoms with van der Waals surface area (Å²) < 4.78 is 13.5.